The van der Waals surface area contributed by atoms with Crippen LogP contribution >= 0.6 is 12.4 Å². The average molecular weight is 436 g/mol. The summed E-state index contributed by atoms with van der Waals surface area (Å²) in [4.78, 5) is 22.2. The molecule has 0 amide bonds. The first-order valence-corrected chi connectivity index (χ1v) is 11.1. The van der Waals surface area contributed by atoms with E-state index in [1.807, 2.05) is 18.2 Å². The van der Waals surface area contributed by atoms with Gasteiger partial charge in [-0.3, -0.25) is 4.79 Å². The van der Waals surface area contributed by atoms with Gasteiger partial charge in [0.2, 0.25) is 0 Å². The lowest BCUT2D eigenvalue weighted by molar-refractivity contribution is -0.139. The largest absolute Gasteiger partial charge is 0.494 e. The van der Waals surface area contributed by atoms with Crippen molar-refractivity contribution in [2.75, 3.05) is 26.7 Å². The molecule has 6 nitrogen and oxygen atoms in total. The van der Waals surface area contributed by atoms with Crippen molar-refractivity contribution in [2.24, 2.45) is 17.8 Å². The zero-order chi connectivity index (χ0) is 20.2. The number of aliphatic carboxylic acids is 1. The Morgan fingerprint density at radius 3 is 2.77 bits per heavy atom. The number of ether oxygens (including phenoxy) is 1. The van der Waals surface area contributed by atoms with Crippen LogP contribution in [0.1, 0.15) is 50.8 Å². The predicted molar refractivity (Wildman–Crippen MR) is 120 cm³/mol. The first-order chi connectivity index (χ1) is 14.1. The summed E-state index contributed by atoms with van der Waals surface area (Å²) < 4.78 is 5.44. The van der Waals surface area contributed by atoms with Crippen molar-refractivity contribution < 1.29 is 14.6 Å². The van der Waals surface area contributed by atoms with E-state index < -0.39 is 5.97 Å². The van der Waals surface area contributed by atoms with Crippen LogP contribution in [0.2, 0.25) is 0 Å². The molecule has 0 bridgehead atoms. The Hall–Kier alpha value is -1.79. The van der Waals surface area contributed by atoms with Gasteiger partial charge in [0.15, 0.2) is 0 Å². The number of fused-ring (bicyclic) bond motifs is 1. The van der Waals surface area contributed by atoms with Crippen LogP contribution in [-0.4, -0.2) is 52.7 Å². The average Bonchev–Trinajstić information content (AvgIpc) is 3.13. The third-order valence-corrected chi connectivity index (χ3v) is 6.85. The van der Waals surface area contributed by atoms with E-state index >= 15 is 0 Å². The molecule has 2 aromatic rings. The number of carboxylic acids is 1. The number of methoxy groups -OCH3 is 1. The number of aromatic nitrogens is 2. The Morgan fingerprint density at radius 1 is 1.23 bits per heavy atom. The number of imidazole rings is 1. The van der Waals surface area contributed by atoms with E-state index in [4.69, 9.17) is 9.72 Å². The van der Waals surface area contributed by atoms with Crippen LogP contribution in [0.25, 0.3) is 11.0 Å². The maximum Gasteiger partial charge on any atom is 0.303 e. The van der Waals surface area contributed by atoms with Gasteiger partial charge in [-0.05, 0) is 55.7 Å². The molecule has 1 saturated heterocycles. The third kappa shape index (κ3) is 5.46. The molecule has 1 aromatic carbocycles. The van der Waals surface area contributed by atoms with Crippen molar-refractivity contribution in [1.29, 1.82) is 0 Å². The van der Waals surface area contributed by atoms with Gasteiger partial charge in [0.1, 0.15) is 17.1 Å². The van der Waals surface area contributed by atoms with Gasteiger partial charge in [-0.15, -0.1) is 12.4 Å². The van der Waals surface area contributed by atoms with Crippen LogP contribution in [0.4, 0.5) is 0 Å². The predicted octanol–water partition coefficient (Wildman–Crippen LogP) is 4.53. The molecule has 1 saturated carbocycles. The number of nitrogens with one attached hydrogen (secondary N) is 1. The van der Waals surface area contributed by atoms with Crippen LogP contribution in [0.5, 0.6) is 5.75 Å². The number of hydrogen-bond acceptors (Lipinski definition) is 4. The standard InChI is InChI=1S/C23H33N3O3.ClH/c1-29-20-9-5-8-19-23(20)25-21(24-19)12-18-15-26(11-10-17(18)13-22(27)28)14-16-6-3-2-4-7-16;/h5,8-9,16-18H,2-4,6-7,10-15H2,1H3,(H,24,25)(H,27,28);1H/t17-,18-;/m0./s1. The number of nitrogens with zero attached hydrogens (tertiary/aromatic N) is 2. The van der Waals surface area contributed by atoms with Crippen LogP contribution in [0.3, 0.4) is 0 Å². The van der Waals surface area contributed by atoms with E-state index in [0.29, 0.717) is 5.92 Å². The van der Waals surface area contributed by atoms with Gasteiger partial charge in [0, 0.05) is 25.9 Å². The summed E-state index contributed by atoms with van der Waals surface area (Å²) in [6.45, 7) is 3.17. The number of benzene rings is 1. The van der Waals surface area contributed by atoms with Gasteiger partial charge >= 0.3 is 5.97 Å². The van der Waals surface area contributed by atoms with Crippen LogP contribution in [-0.2, 0) is 11.2 Å². The second-order valence-corrected chi connectivity index (χ2v) is 8.91. The highest BCUT2D eigenvalue weighted by molar-refractivity contribution is 5.85. The minimum absolute atomic E-state index is 0. The summed E-state index contributed by atoms with van der Waals surface area (Å²) in [5, 5.41) is 9.41. The van der Waals surface area contributed by atoms with Crippen molar-refractivity contribution in [3.05, 3.63) is 24.0 Å². The maximum absolute atomic E-state index is 11.4. The van der Waals surface area contributed by atoms with E-state index in [-0.39, 0.29) is 24.7 Å². The summed E-state index contributed by atoms with van der Waals surface area (Å²) in [5.41, 5.74) is 1.83. The van der Waals surface area contributed by atoms with Crippen molar-refractivity contribution in [2.45, 2.75) is 51.4 Å². The molecule has 0 unspecified atom stereocenters. The lowest BCUT2D eigenvalue weighted by Gasteiger charge is -2.40. The van der Waals surface area contributed by atoms with Gasteiger partial charge in [-0.25, -0.2) is 4.98 Å². The molecule has 0 spiro atoms. The van der Waals surface area contributed by atoms with E-state index in [2.05, 4.69) is 9.88 Å². The molecule has 7 heteroatoms. The molecule has 30 heavy (non-hydrogen) atoms. The lowest BCUT2D eigenvalue weighted by atomic mass is 9.80. The molecule has 1 aliphatic heterocycles. The zero-order valence-corrected chi connectivity index (χ0v) is 18.6. The molecule has 2 fully saturated rings. The van der Waals surface area contributed by atoms with E-state index in [0.717, 1.165) is 54.5 Å². The van der Waals surface area contributed by atoms with E-state index in [1.165, 1.54) is 38.6 Å². The van der Waals surface area contributed by atoms with Crippen molar-refractivity contribution in [3.8, 4) is 5.75 Å². The SMILES string of the molecule is COc1cccc2[nH]c(C[C@H]3CN(CC4CCCCC4)CC[C@H]3CC(=O)O)nc12.Cl. The second kappa shape index (κ2) is 10.5. The fraction of sp³-hybridized carbons (Fsp3) is 0.652. The highest BCUT2D eigenvalue weighted by Crippen LogP contribution is 2.32. The third-order valence-electron chi connectivity index (χ3n) is 6.85. The van der Waals surface area contributed by atoms with Crippen LogP contribution < -0.4 is 4.74 Å². The Bertz CT molecular complexity index is 834. The number of halogens is 1. The normalized spacial score (nSPS) is 23.2. The number of aromatic amines is 1. The zero-order valence-electron chi connectivity index (χ0n) is 17.8. The van der Waals surface area contributed by atoms with E-state index in [1.54, 1.807) is 7.11 Å². The van der Waals surface area contributed by atoms with Crippen LogP contribution in [0, 0.1) is 17.8 Å². The highest BCUT2D eigenvalue weighted by atomic mass is 35.5. The smallest absolute Gasteiger partial charge is 0.303 e. The molecular weight excluding hydrogens is 402 g/mol. The van der Waals surface area contributed by atoms with Gasteiger partial charge in [0.05, 0.1) is 12.6 Å². The van der Waals surface area contributed by atoms with Gasteiger partial charge in [0.25, 0.3) is 0 Å². The molecule has 1 aliphatic carbocycles. The summed E-state index contributed by atoms with van der Waals surface area (Å²) in [6, 6.07) is 5.90. The number of likely N-dealkylation sites (tertiary alicyclic amines) is 1. The minimum Gasteiger partial charge on any atom is -0.494 e. The van der Waals surface area contributed by atoms with Crippen molar-refractivity contribution >= 4 is 29.4 Å². The Balaban J connectivity index is 0.00000256. The molecule has 2 heterocycles. The van der Waals surface area contributed by atoms with E-state index in [9.17, 15) is 9.90 Å². The Kier molecular flexibility index (Phi) is 8.00. The minimum atomic E-state index is -0.688. The van der Waals surface area contributed by atoms with Gasteiger partial charge in [-0.1, -0.05) is 25.3 Å². The molecule has 166 valence electrons. The number of piperidine rings is 1. The van der Waals surface area contributed by atoms with Gasteiger partial charge in [-0.2, -0.15) is 0 Å². The van der Waals surface area contributed by atoms with Crippen molar-refractivity contribution in [3.63, 3.8) is 0 Å². The fourth-order valence-electron chi connectivity index (χ4n) is 5.35. The number of hydrogen-bond donors (Lipinski definition) is 2. The summed E-state index contributed by atoms with van der Waals surface area (Å²) in [5.74, 6) is 2.36. The summed E-state index contributed by atoms with van der Waals surface area (Å²) in [7, 11) is 1.66. The molecule has 1 aromatic heterocycles. The second-order valence-electron chi connectivity index (χ2n) is 8.91. The monoisotopic (exact) mass is 435 g/mol. The lowest BCUT2D eigenvalue weighted by Crippen LogP contribution is -2.44. The molecule has 4 rings (SSSR count). The first kappa shape index (κ1) is 22.9. The fourth-order valence-corrected chi connectivity index (χ4v) is 5.35. The van der Waals surface area contributed by atoms with Crippen LogP contribution in [0.15, 0.2) is 18.2 Å². The highest BCUT2D eigenvalue weighted by Gasteiger charge is 2.32. The van der Waals surface area contributed by atoms with Gasteiger partial charge < -0.3 is 19.7 Å². The molecule has 2 aliphatic rings. The topological polar surface area (TPSA) is 78.5 Å². The molecular formula is C23H34ClN3O3. The number of carboxylic acid groups (broad SMARTS) is 1. The summed E-state index contributed by atoms with van der Waals surface area (Å²) in [6.07, 6.45) is 8.83. The maximum atomic E-state index is 11.4. The Morgan fingerprint density at radius 2 is 2.03 bits per heavy atom. The summed E-state index contributed by atoms with van der Waals surface area (Å²) >= 11 is 0. The molecule has 2 atom stereocenters. The Labute approximate surface area is 184 Å². The van der Waals surface area contributed by atoms with Crippen molar-refractivity contribution in [1.82, 2.24) is 14.9 Å². The first-order valence-electron chi connectivity index (χ1n) is 11.1. The molecule has 0 radical (unpaired) electrons. The number of para-hydroxylation sites is 1. The quantitative estimate of drug-likeness (QED) is 0.668. The number of rotatable bonds is 7. The number of H-pyrrole nitrogens is 1. The number of carbonyl (C=O) groups is 1. The molecule has 2 N–H and O–H groups in total.